The highest BCUT2D eigenvalue weighted by atomic mass is 32.2. The Hall–Kier alpha value is -3.30. The van der Waals surface area contributed by atoms with Crippen molar-refractivity contribution in [2.75, 3.05) is 11.9 Å². The molecule has 0 atom stereocenters. The maximum absolute atomic E-state index is 14.3. The van der Waals surface area contributed by atoms with Crippen LogP contribution in [0.4, 0.5) is 29.5 Å². The van der Waals surface area contributed by atoms with Gasteiger partial charge in [0.25, 0.3) is 0 Å². The van der Waals surface area contributed by atoms with Crippen LogP contribution in [-0.4, -0.2) is 48.4 Å². The molecule has 1 fully saturated rings. The SMILES string of the molecule is CCNS(=O)(=O)c1cc(Nc2ccc(CC)nn2)ccc1-c1sc([C@H]2CC[C@H](NC(=O)OC(C)C)CC2)nc1C(F)(F)F. The molecule has 43 heavy (non-hydrogen) atoms. The van der Waals surface area contributed by atoms with E-state index in [4.69, 9.17) is 4.74 Å². The number of aromatic nitrogens is 3. The zero-order valence-electron chi connectivity index (χ0n) is 24.3. The summed E-state index contributed by atoms with van der Waals surface area (Å²) < 4.78 is 77.0. The van der Waals surface area contributed by atoms with Crippen LogP contribution < -0.4 is 15.4 Å². The van der Waals surface area contributed by atoms with E-state index in [1.165, 1.54) is 18.2 Å². The standard InChI is InChI=1S/C28H35F3N6O4S2/c1-5-18-12-14-23(37-36-18)33-20-11-13-21(22(15-20)43(39,40)32-6-2)24-25(28(29,30)31)35-26(42-24)17-7-9-19(10-8-17)34-27(38)41-16(3)4/h11-17,19,32H,5-10H2,1-4H3,(H,33,37)(H,34,38)/t17-,19-. The Morgan fingerprint density at radius 3 is 2.40 bits per heavy atom. The molecular weight excluding hydrogens is 605 g/mol. The lowest BCUT2D eigenvalue weighted by Gasteiger charge is -2.28. The zero-order chi connectivity index (χ0) is 31.4. The lowest BCUT2D eigenvalue weighted by Crippen LogP contribution is -2.38. The fraction of sp³-hybridized carbons (Fsp3) is 0.500. The quantitative estimate of drug-likeness (QED) is 0.232. The number of thiazole rings is 1. The Bertz CT molecular complexity index is 1520. The first-order chi connectivity index (χ1) is 20.3. The van der Waals surface area contributed by atoms with Gasteiger partial charge in [0.1, 0.15) is 0 Å². The molecule has 2 heterocycles. The number of alkyl halides is 3. The first-order valence-electron chi connectivity index (χ1n) is 14.1. The predicted molar refractivity (Wildman–Crippen MR) is 158 cm³/mol. The minimum Gasteiger partial charge on any atom is -0.447 e. The topological polar surface area (TPSA) is 135 Å². The van der Waals surface area contributed by atoms with Gasteiger partial charge in [-0.05, 0) is 70.2 Å². The second-order valence-corrected chi connectivity index (χ2v) is 13.2. The Kier molecular flexibility index (Phi) is 10.3. The van der Waals surface area contributed by atoms with E-state index in [1.807, 2.05) is 6.92 Å². The number of carbonyl (C=O) groups excluding carboxylic acids is 1. The number of aryl methyl sites for hydroxylation is 1. The van der Waals surface area contributed by atoms with Crippen LogP contribution in [0.15, 0.2) is 35.2 Å². The number of sulfonamides is 1. The Morgan fingerprint density at radius 1 is 1.09 bits per heavy atom. The van der Waals surface area contributed by atoms with Gasteiger partial charge in [-0.25, -0.2) is 22.9 Å². The molecule has 10 nitrogen and oxygen atoms in total. The highest BCUT2D eigenvalue weighted by Gasteiger charge is 2.40. The molecule has 0 unspecified atom stereocenters. The van der Waals surface area contributed by atoms with Crippen LogP contribution in [0.25, 0.3) is 10.4 Å². The van der Waals surface area contributed by atoms with E-state index < -0.39 is 28.0 Å². The molecule has 1 aliphatic carbocycles. The van der Waals surface area contributed by atoms with Gasteiger partial charge in [0.2, 0.25) is 10.0 Å². The van der Waals surface area contributed by atoms with Crippen LogP contribution in [0.5, 0.6) is 0 Å². The summed E-state index contributed by atoms with van der Waals surface area (Å²) in [6, 6.07) is 7.46. The summed E-state index contributed by atoms with van der Waals surface area (Å²) in [5, 5.41) is 14.2. The number of rotatable bonds is 10. The van der Waals surface area contributed by atoms with Gasteiger partial charge in [-0.15, -0.1) is 16.4 Å². The van der Waals surface area contributed by atoms with Crippen molar-refractivity contribution in [3.8, 4) is 10.4 Å². The number of nitrogens with zero attached hydrogens (tertiary/aromatic N) is 3. The van der Waals surface area contributed by atoms with Crippen molar-refractivity contribution < 1.29 is 31.1 Å². The Morgan fingerprint density at radius 2 is 1.81 bits per heavy atom. The van der Waals surface area contributed by atoms with E-state index in [9.17, 15) is 26.4 Å². The number of carbonyl (C=O) groups is 1. The average Bonchev–Trinajstić information content (AvgIpc) is 3.40. The molecule has 0 aliphatic heterocycles. The van der Waals surface area contributed by atoms with Crippen LogP contribution in [0, 0.1) is 0 Å². The minimum absolute atomic E-state index is 0.0471. The molecule has 15 heteroatoms. The summed E-state index contributed by atoms with van der Waals surface area (Å²) in [4.78, 5) is 15.4. The summed E-state index contributed by atoms with van der Waals surface area (Å²) in [5.41, 5.74) is -0.126. The number of alkyl carbamates (subject to hydrolysis) is 1. The van der Waals surface area contributed by atoms with Crippen molar-refractivity contribution in [1.82, 2.24) is 25.2 Å². The monoisotopic (exact) mass is 640 g/mol. The number of nitrogens with one attached hydrogen (secondary N) is 3. The van der Waals surface area contributed by atoms with Crippen LogP contribution in [0.3, 0.4) is 0 Å². The molecule has 4 rings (SSSR count). The van der Waals surface area contributed by atoms with Gasteiger partial charge in [-0.2, -0.15) is 18.3 Å². The van der Waals surface area contributed by atoms with Gasteiger partial charge in [0, 0.05) is 29.8 Å². The molecule has 2 aromatic heterocycles. The van der Waals surface area contributed by atoms with Crippen molar-refractivity contribution in [3.63, 3.8) is 0 Å². The summed E-state index contributed by atoms with van der Waals surface area (Å²) >= 11 is 0.854. The second kappa shape index (κ2) is 13.6. The first-order valence-corrected chi connectivity index (χ1v) is 16.4. The van der Waals surface area contributed by atoms with Gasteiger partial charge < -0.3 is 15.4 Å². The molecule has 0 spiro atoms. The fourth-order valence-electron chi connectivity index (χ4n) is 4.83. The first kappa shape index (κ1) is 32.6. The molecule has 1 amide bonds. The van der Waals surface area contributed by atoms with Crippen molar-refractivity contribution in [2.24, 2.45) is 0 Å². The number of benzene rings is 1. The Balaban J connectivity index is 1.67. The molecule has 3 N–H and O–H groups in total. The third kappa shape index (κ3) is 8.21. The van der Waals surface area contributed by atoms with Crippen LogP contribution in [0.2, 0.25) is 0 Å². The molecular formula is C28H35F3N6O4S2. The number of hydrogen-bond acceptors (Lipinski definition) is 9. The third-order valence-electron chi connectivity index (χ3n) is 6.86. The van der Waals surface area contributed by atoms with Crippen LogP contribution in [0.1, 0.15) is 75.7 Å². The maximum Gasteiger partial charge on any atom is 0.434 e. The van der Waals surface area contributed by atoms with E-state index in [-0.39, 0.29) is 45.0 Å². The van der Waals surface area contributed by atoms with Crippen molar-refractivity contribution in [2.45, 2.75) is 88.9 Å². The predicted octanol–water partition coefficient (Wildman–Crippen LogP) is 6.38. The lowest BCUT2D eigenvalue weighted by molar-refractivity contribution is -0.140. The van der Waals surface area contributed by atoms with Gasteiger partial charge in [0.15, 0.2) is 11.5 Å². The molecule has 1 aliphatic rings. The largest absolute Gasteiger partial charge is 0.447 e. The van der Waals surface area contributed by atoms with E-state index in [0.29, 0.717) is 43.6 Å². The highest BCUT2D eigenvalue weighted by Crippen LogP contribution is 2.46. The molecule has 234 valence electrons. The number of anilines is 2. The molecule has 0 radical (unpaired) electrons. The summed E-state index contributed by atoms with van der Waals surface area (Å²) in [6.45, 7) is 7.05. The number of halogens is 3. The summed E-state index contributed by atoms with van der Waals surface area (Å²) in [7, 11) is -4.19. The molecule has 1 saturated carbocycles. The number of hydrogen-bond donors (Lipinski definition) is 3. The van der Waals surface area contributed by atoms with E-state index in [2.05, 4.69) is 30.5 Å². The maximum atomic E-state index is 14.3. The molecule has 1 aromatic carbocycles. The smallest absolute Gasteiger partial charge is 0.434 e. The number of amides is 1. The van der Waals surface area contributed by atoms with Crippen molar-refractivity contribution in [1.29, 1.82) is 0 Å². The van der Waals surface area contributed by atoms with Gasteiger partial charge in [0.05, 0.1) is 26.6 Å². The van der Waals surface area contributed by atoms with Crippen molar-refractivity contribution in [3.05, 3.63) is 46.7 Å². The van der Waals surface area contributed by atoms with E-state index in [0.717, 1.165) is 17.0 Å². The average molecular weight is 641 g/mol. The van der Waals surface area contributed by atoms with Crippen molar-refractivity contribution >= 4 is 39.0 Å². The summed E-state index contributed by atoms with van der Waals surface area (Å²) in [5.74, 6) is 0.0915. The van der Waals surface area contributed by atoms with Crippen LogP contribution in [-0.2, 0) is 27.4 Å². The number of ether oxygens (including phenoxy) is 1. The van der Waals surface area contributed by atoms with E-state index >= 15 is 0 Å². The van der Waals surface area contributed by atoms with Gasteiger partial charge in [-0.3, -0.25) is 0 Å². The fourth-order valence-corrected chi connectivity index (χ4v) is 7.46. The minimum atomic E-state index is -4.81. The van der Waals surface area contributed by atoms with Gasteiger partial charge in [-0.1, -0.05) is 19.9 Å². The lowest BCUT2D eigenvalue weighted by atomic mass is 9.86. The highest BCUT2D eigenvalue weighted by molar-refractivity contribution is 7.89. The van der Waals surface area contributed by atoms with Gasteiger partial charge >= 0.3 is 12.3 Å². The molecule has 0 saturated heterocycles. The molecule has 0 bridgehead atoms. The summed E-state index contributed by atoms with van der Waals surface area (Å²) in [6.07, 6.45) is -2.77. The second-order valence-electron chi connectivity index (χ2n) is 10.5. The van der Waals surface area contributed by atoms with E-state index in [1.54, 1.807) is 32.9 Å². The molecule has 3 aromatic rings. The Labute approximate surface area is 252 Å². The normalized spacial score (nSPS) is 17.6. The van der Waals surface area contributed by atoms with Crippen LogP contribution >= 0.6 is 11.3 Å². The zero-order valence-corrected chi connectivity index (χ0v) is 25.9. The third-order valence-corrected chi connectivity index (χ3v) is 9.69.